The summed E-state index contributed by atoms with van der Waals surface area (Å²) in [6, 6.07) is 0. The molecule has 0 atom stereocenters. The molecule has 0 aromatic rings. The lowest BCUT2D eigenvalue weighted by Gasteiger charge is -2.15. The molecule has 3 nitrogen and oxygen atoms in total. The van der Waals surface area contributed by atoms with Crippen molar-refractivity contribution in [1.82, 2.24) is 0 Å². The van der Waals surface area contributed by atoms with Crippen LogP contribution in [0.25, 0.3) is 0 Å². The number of rotatable bonds is 47. The van der Waals surface area contributed by atoms with E-state index in [-0.39, 0.29) is 17.9 Å². The summed E-state index contributed by atoms with van der Waals surface area (Å²) < 4.78 is 5.49. The van der Waals surface area contributed by atoms with Crippen molar-refractivity contribution in [1.29, 1.82) is 0 Å². The van der Waals surface area contributed by atoms with Crippen LogP contribution < -0.4 is 0 Å². The van der Waals surface area contributed by atoms with Gasteiger partial charge in [-0.15, -0.1) is 0 Å². The van der Waals surface area contributed by atoms with Gasteiger partial charge in [0.05, 0.1) is 5.92 Å². The van der Waals surface area contributed by atoms with Crippen molar-refractivity contribution in [2.45, 2.75) is 316 Å². The topological polar surface area (TPSA) is 43.4 Å². The molecular weight excluding hydrogens is 673 g/mol. The summed E-state index contributed by atoms with van der Waals surface area (Å²) in [6.07, 6.45) is 59.6. The van der Waals surface area contributed by atoms with E-state index in [1.807, 2.05) is 0 Å². The zero-order valence-corrected chi connectivity index (χ0v) is 38.3. The summed E-state index contributed by atoms with van der Waals surface area (Å²) in [5.41, 5.74) is 0. The largest absolute Gasteiger partial charge is 0.393 e. The van der Waals surface area contributed by atoms with E-state index in [1.54, 1.807) is 0 Å². The molecule has 0 saturated heterocycles. The van der Waals surface area contributed by atoms with Crippen LogP contribution >= 0.6 is 0 Å². The Morgan fingerprint density at radius 2 is 0.491 bits per heavy atom. The van der Waals surface area contributed by atoms with E-state index in [4.69, 9.17) is 4.74 Å². The van der Waals surface area contributed by atoms with Gasteiger partial charge in [-0.05, 0) is 19.3 Å². The first-order valence-electron chi connectivity index (χ1n) is 25.9. The number of hydrogen-bond donors (Lipinski definition) is 0. The summed E-state index contributed by atoms with van der Waals surface area (Å²) in [5, 5.41) is 0. The summed E-state index contributed by atoms with van der Waals surface area (Å²) in [6.45, 7) is 6.87. The van der Waals surface area contributed by atoms with Crippen molar-refractivity contribution >= 4 is 11.9 Å². The predicted octanol–water partition coefficient (Wildman–Crippen LogP) is 18.7. The van der Waals surface area contributed by atoms with Gasteiger partial charge in [-0.1, -0.05) is 290 Å². The lowest BCUT2D eigenvalue weighted by molar-refractivity contribution is -0.163. The van der Waals surface area contributed by atoms with Crippen molar-refractivity contribution in [3.05, 3.63) is 0 Å². The fraction of sp³-hybridized carbons (Fsp3) is 0.962. The van der Waals surface area contributed by atoms with E-state index < -0.39 is 0 Å². The minimum absolute atomic E-state index is 0.0975. The average molecular weight is 775 g/mol. The number of hydrogen-bond acceptors (Lipinski definition) is 3. The molecule has 0 bridgehead atoms. The lowest BCUT2D eigenvalue weighted by Crippen LogP contribution is -2.21. The van der Waals surface area contributed by atoms with Crippen molar-refractivity contribution < 1.29 is 14.3 Å². The molecule has 0 aromatic heterocycles. The van der Waals surface area contributed by atoms with Gasteiger partial charge in [0.1, 0.15) is 0 Å². The number of ether oxygens (including phenoxy) is 1. The first kappa shape index (κ1) is 54.1. The van der Waals surface area contributed by atoms with Gasteiger partial charge in [0.15, 0.2) is 0 Å². The zero-order valence-electron chi connectivity index (χ0n) is 38.3. The Hall–Kier alpha value is -0.860. The third-order valence-electron chi connectivity index (χ3n) is 12.3. The predicted molar refractivity (Wildman–Crippen MR) is 244 cm³/mol. The maximum Gasteiger partial charge on any atom is 0.316 e. The normalized spacial score (nSPS) is 11.6. The van der Waals surface area contributed by atoms with Crippen LogP contribution in [0.3, 0.4) is 0 Å². The van der Waals surface area contributed by atoms with E-state index in [1.165, 1.54) is 250 Å². The monoisotopic (exact) mass is 775 g/mol. The van der Waals surface area contributed by atoms with E-state index in [9.17, 15) is 9.59 Å². The quantitative estimate of drug-likeness (QED) is 0.0351. The SMILES string of the molecule is CCCCCCCCCCCCCCCCCC(=O)OC(=O)C(CCCCCCCCCCCCCCCC)CCCCCCCCCCCCCCCC. The van der Waals surface area contributed by atoms with Crippen molar-refractivity contribution in [2.24, 2.45) is 5.92 Å². The molecule has 0 fully saturated rings. The summed E-state index contributed by atoms with van der Waals surface area (Å²) in [4.78, 5) is 25.9. The van der Waals surface area contributed by atoms with Gasteiger partial charge in [-0.2, -0.15) is 0 Å². The molecule has 0 rings (SSSR count). The highest BCUT2D eigenvalue weighted by Gasteiger charge is 2.22. The van der Waals surface area contributed by atoms with Crippen molar-refractivity contribution in [3.63, 3.8) is 0 Å². The Morgan fingerprint density at radius 1 is 0.291 bits per heavy atom. The molecule has 0 unspecified atom stereocenters. The Balaban J connectivity index is 4.18. The molecule has 0 amide bonds. The average Bonchev–Trinajstić information content (AvgIpc) is 3.18. The molecule has 0 spiro atoms. The van der Waals surface area contributed by atoms with E-state index in [2.05, 4.69) is 20.8 Å². The second-order valence-electron chi connectivity index (χ2n) is 18.0. The zero-order chi connectivity index (χ0) is 40.0. The Kier molecular flexibility index (Phi) is 46.8. The Morgan fingerprint density at radius 3 is 0.727 bits per heavy atom. The first-order chi connectivity index (χ1) is 27.2. The van der Waals surface area contributed by atoms with Crippen LogP contribution in [0.5, 0.6) is 0 Å². The highest BCUT2D eigenvalue weighted by Crippen LogP contribution is 2.22. The van der Waals surface area contributed by atoms with Gasteiger partial charge in [-0.3, -0.25) is 9.59 Å². The second kappa shape index (κ2) is 47.5. The molecule has 328 valence electrons. The smallest absolute Gasteiger partial charge is 0.316 e. The molecule has 0 aliphatic rings. The minimum atomic E-state index is -0.286. The number of esters is 2. The molecule has 0 aliphatic carbocycles. The molecule has 0 radical (unpaired) electrons. The molecule has 3 heteroatoms. The maximum atomic E-state index is 13.2. The molecule has 0 heterocycles. The molecule has 0 saturated carbocycles. The highest BCUT2D eigenvalue weighted by atomic mass is 16.6. The van der Waals surface area contributed by atoms with E-state index >= 15 is 0 Å². The first-order valence-corrected chi connectivity index (χ1v) is 25.9. The number of carbonyl (C=O) groups is 2. The van der Waals surface area contributed by atoms with Crippen LogP contribution in [-0.4, -0.2) is 11.9 Å². The summed E-state index contributed by atoms with van der Waals surface area (Å²) in [7, 11) is 0. The van der Waals surface area contributed by atoms with Gasteiger partial charge < -0.3 is 4.74 Å². The highest BCUT2D eigenvalue weighted by molar-refractivity contribution is 5.86. The maximum absolute atomic E-state index is 13.2. The van der Waals surface area contributed by atoms with Crippen LogP contribution in [0.4, 0.5) is 0 Å². The van der Waals surface area contributed by atoms with E-state index in [0.717, 1.165) is 38.5 Å². The Labute approximate surface area is 347 Å². The Bertz CT molecular complexity index is 715. The molecule has 0 aliphatic heterocycles. The van der Waals surface area contributed by atoms with Crippen molar-refractivity contribution in [2.75, 3.05) is 0 Å². The molecular formula is C52H102O3. The van der Waals surface area contributed by atoms with Crippen LogP contribution in [0.15, 0.2) is 0 Å². The summed E-state index contributed by atoms with van der Waals surface area (Å²) in [5.74, 6) is -0.610. The number of unbranched alkanes of at least 4 members (excludes halogenated alkanes) is 40. The summed E-state index contributed by atoms with van der Waals surface area (Å²) >= 11 is 0. The van der Waals surface area contributed by atoms with Crippen LogP contribution in [0, 0.1) is 5.92 Å². The molecule has 0 N–H and O–H groups in total. The van der Waals surface area contributed by atoms with Crippen LogP contribution in [0.2, 0.25) is 0 Å². The molecule has 0 aromatic carbocycles. The standard InChI is InChI=1S/C52H102O3/c1-4-7-10-13-16-19-22-25-28-31-34-37-40-43-46-49-51(53)55-52(54)50(47-44-41-38-35-32-29-26-23-20-17-14-11-8-5-2)48-45-42-39-36-33-30-27-24-21-18-15-12-9-6-3/h50H,4-49H2,1-3H3. The third-order valence-corrected chi connectivity index (χ3v) is 12.3. The van der Waals surface area contributed by atoms with Gasteiger partial charge >= 0.3 is 11.9 Å². The fourth-order valence-corrected chi connectivity index (χ4v) is 8.44. The van der Waals surface area contributed by atoms with Gasteiger partial charge in [0.2, 0.25) is 0 Å². The second-order valence-corrected chi connectivity index (χ2v) is 18.0. The third kappa shape index (κ3) is 44.1. The molecule has 55 heavy (non-hydrogen) atoms. The van der Waals surface area contributed by atoms with Gasteiger partial charge in [-0.25, -0.2) is 0 Å². The van der Waals surface area contributed by atoms with Crippen LogP contribution in [-0.2, 0) is 14.3 Å². The lowest BCUT2D eigenvalue weighted by atomic mass is 9.94. The van der Waals surface area contributed by atoms with Crippen molar-refractivity contribution in [3.8, 4) is 0 Å². The van der Waals surface area contributed by atoms with Crippen LogP contribution in [0.1, 0.15) is 316 Å². The van der Waals surface area contributed by atoms with Gasteiger partial charge in [0.25, 0.3) is 0 Å². The van der Waals surface area contributed by atoms with Gasteiger partial charge in [0, 0.05) is 6.42 Å². The van der Waals surface area contributed by atoms with E-state index in [0.29, 0.717) is 6.42 Å². The minimum Gasteiger partial charge on any atom is -0.393 e. The fourth-order valence-electron chi connectivity index (χ4n) is 8.44. The number of carbonyl (C=O) groups excluding carboxylic acids is 2.